The van der Waals surface area contributed by atoms with Crippen LogP contribution in [0.4, 0.5) is 0 Å². The topological polar surface area (TPSA) is 54.9 Å². The van der Waals surface area contributed by atoms with Crippen molar-refractivity contribution in [2.75, 3.05) is 7.11 Å². The molecule has 1 aromatic carbocycles. The zero-order valence-electron chi connectivity index (χ0n) is 12.6. The summed E-state index contributed by atoms with van der Waals surface area (Å²) < 4.78 is 5.18. The van der Waals surface area contributed by atoms with E-state index in [9.17, 15) is 4.79 Å². The van der Waals surface area contributed by atoms with Crippen molar-refractivity contribution in [1.82, 2.24) is 5.32 Å². The van der Waals surface area contributed by atoms with E-state index in [1.165, 1.54) is 5.56 Å². The van der Waals surface area contributed by atoms with E-state index in [0.717, 1.165) is 25.0 Å². The minimum atomic E-state index is -0.0531. The fraction of sp³-hybridized carbons (Fsp3) is 0.562. The van der Waals surface area contributed by atoms with Crippen molar-refractivity contribution in [3.05, 3.63) is 29.8 Å². The van der Waals surface area contributed by atoms with E-state index < -0.39 is 0 Å². The summed E-state index contributed by atoms with van der Waals surface area (Å²) in [4.78, 5) is 12.0. The van der Waals surface area contributed by atoms with Gasteiger partial charge in [-0.15, -0.1) is 0 Å². The third kappa shape index (κ3) is 3.97. The first-order valence-corrected chi connectivity index (χ1v) is 7.43. The molecule has 20 heavy (non-hydrogen) atoms. The summed E-state index contributed by atoms with van der Waals surface area (Å²) >= 11 is 0. The van der Waals surface area contributed by atoms with Gasteiger partial charge in [0.15, 0.2) is 6.04 Å². The number of methoxy groups -OCH3 is 1. The standard InChI is InChI=1S/C16H24N2O2/c1-4-15(12-5-9-14(20-3)10-6-12)17-11(2)16(19)18-13-7-8-13/h5-6,9-11,13,15,17H,4,7-8H2,1-3H3,(H,18,19)/p+1/t11-,15+/m0/s1. The van der Waals surface area contributed by atoms with Gasteiger partial charge in [0.05, 0.1) is 7.11 Å². The first-order chi connectivity index (χ1) is 9.63. The molecule has 0 aliphatic heterocycles. The predicted octanol–water partition coefficient (Wildman–Crippen LogP) is 1.38. The third-order valence-electron chi connectivity index (χ3n) is 3.84. The van der Waals surface area contributed by atoms with E-state index in [4.69, 9.17) is 4.74 Å². The SMILES string of the molecule is CC[C@@H]([NH2+][C@@H](C)C(=O)NC1CC1)c1ccc(OC)cc1. The molecule has 1 amide bonds. The molecule has 0 saturated heterocycles. The number of nitrogens with one attached hydrogen (secondary N) is 1. The molecule has 1 aliphatic rings. The molecule has 0 aromatic heterocycles. The number of ether oxygens (including phenoxy) is 1. The van der Waals surface area contributed by atoms with Crippen molar-refractivity contribution >= 4 is 5.91 Å². The summed E-state index contributed by atoms with van der Waals surface area (Å²) in [6.45, 7) is 4.13. The molecule has 1 aliphatic carbocycles. The molecule has 0 spiro atoms. The lowest BCUT2D eigenvalue weighted by Crippen LogP contribution is -2.92. The zero-order chi connectivity index (χ0) is 14.5. The minimum absolute atomic E-state index is 0.0531. The number of hydrogen-bond acceptors (Lipinski definition) is 2. The summed E-state index contributed by atoms with van der Waals surface area (Å²) in [6, 6.07) is 8.79. The van der Waals surface area contributed by atoms with Crippen LogP contribution in [0.2, 0.25) is 0 Å². The Labute approximate surface area is 120 Å². The first-order valence-electron chi connectivity index (χ1n) is 7.43. The van der Waals surface area contributed by atoms with Crippen molar-refractivity contribution in [3.8, 4) is 5.75 Å². The molecule has 0 unspecified atom stereocenters. The summed E-state index contributed by atoms with van der Waals surface area (Å²) in [6.07, 6.45) is 3.26. The van der Waals surface area contributed by atoms with E-state index in [2.05, 4.69) is 29.7 Å². The van der Waals surface area contributed by atoms with Gasteiger partial charge in [-0.25, -0.2) is 0 Å². The zero-order valence-corrected chi connectivity index (χ0v) is 12.6. The van der Waals surface area contributed by atoms with Crippen LogP contribution in [-0.4, -0.2) is 25.1 Å². The van der Waals surface area contributed by atoms with Crippen LogP contribution in [0.25, 0.3) is 0 Å². The fourth-order valence-corrected chi connectivity index (χ4v) is 2.33. The molecule has 2 rings (SSSR count). The summed E-state index contributed by atoms with van der Waals surface area (Å²) in [5.41, 5.74) is 1.24. The number of carbonyl (C=O) groups is 1. The van der Waals surface area contributed by atoms with Gasteiger partial charge in [0.2, 0.25) is 0 Å². The maximum atomic E-state index is 12.0. The average Bonchev–Trinajstić information content (AvgIpc) is 3.28. The Balaban J connectivity index is 1.94. The molecule has 0 bridgehead atoms. The van der Waals surface area contributed by atoms with Crippen LogP contribution in [0.5, 0.6) is 5.75 Å². The van der Waals surface area contributed by atoms with Gasteiger partial charge in [0.1, 0.15) is 11.8 Å². The Kier molecular flexibility index (Phi) is 5.01. The quantitative estimate of drug-likeness (QED) is 0.791. The Morgan fingerprint density at radius 3 is 2.55 bits per heavy atom. The van der Waals surface area contributed by atoms with Gasteiger partial charge in [-0.2, -0.15) is 0 Å². The molecule has 0 radical (unpaired) electrons. The molecular weight excluding hydrogens is 252 g/mol. The number of benzene rings is 1. The molecule has 110 valence electrons. The Hall–Kier alpha value is -1.55. The highest BCUT2D eigenvalue weighted by molar-refractivity contribution is 5.80. The van der Waals surface area contributed by atoms with Crippen LogP contribution in [0.3, 0.4) is 0 Å². The van der Waals surface area contributed by atoms with Crippen molar-refractivity contribution in [2.24, 2.45) is 0 Å². The molecule has 1 fully saturated rings. The predicted molar refractivity (Wildman–Crippen MR) is 78.6 cm³/mol. The number of hydrogen-bond donors (Lipinski definition) is 2. The van der Waals surface area contributed by atoms with Gasteiger partial charge in [0, 0.05) is 18.0 Å². The highest BCUT2D eigenvalue weighted by atomic mass is 16.5. The normalized spacial score (nSPS) is 17.4. The van der Waals surface area contributed by atoms with Crippen LogP contribution in [-0.2, 0) is 4.79 Å². The van der Waals surface area contributed by atoms with Crippen molar-refractivity contribution in [3.63, 3.8) is 0 Å². The highest BCUT2D eigenvalue weighted by Gasteiger charge is 2.28. The maximum absolute atomic E-state index is 12.0. The molecular formula is C16H25N2O2+. The lowest BCUT2D eigenvalue weighted by molar-refractivity contribution is -0.713. The monoisotopic (exact) mass is 277 g/mol. The minimum Gasteiger partial charge on any atom is -0.497 e. The maximum Gasteiger partial charge on any atom is 0.278 e. The van der Waals surface area contributed by atoms with Gasteiger partial charge in [-0.3, -0.25) is 4.79 Å². The Bertz CT molecular complexity index is 440. The lowest BCUT2D eigenvalue weighted by atomic mass is 10.0. The van der Waals surface area contributed by atoms with Crippen LogP contribution < -0.4 is 15.4 Å². The van der Waals surface area contributed by atoms with Crippen LogP contribution in [0.1, 0.15) is 44.7 Å². The number of carbonyl (C=O) groups excluding carboxylic acids is 1. The third-order valence-corrected chi connectivity index (χ3v) is 3.84. The van der Waals surface area contributed by atoms with Crippen LogP contribution >= 0.6 is 0 Å². The van der Waals surface area contributed by atoms with Crippen molar-refractivity contribution in [2.45, 2.75) is 51.2 Å². The van der Waals surface area contributed by atoms with Crippen molar-refractivity contribution < 1.29 is 14.8 Å². The molecule has 1 aromatic rings. The van der Waals surface area contributed by atoms with Gasteiger partial charge in [-0.1, -0.05) is 6.92 Å². The number of amides is 1. The number of rotatable bonds is 7. The van der Waals surface area contributed by atoms with Gasteiger partial charge in [-0.05, 0) is 44.0 Å². The molecule has 3 N–H and O–H groups in total. The van der Waals surface area contributed by atoms with E-state index >= 15 is 0 Å². The Morgan fingerprint density at radius 1 is 1.40 bits per heavy atom. The summed E-state index contributed by atoms with van der Waals surface area (Å²) in [5, 5.41) is 5.21. The van der Waals surface area contributed by atoms with Crippen LogP contribution in [0.15, 0.2) is 24.3 Å². The summed E-state index contributed by atoms with van der Waals surface area (Å²) in [5.74, 6) is 1.02. The molecule has 4 heteroatoms. The highest BCUT2D eigenvalue weighted by Crippen LogP contribution is 2.19. The first kappa shape index (κ1) is 14.9. The van der Waals surface area contributed by atoms with E-state index in [-0.39, 0.29) is 11.9 Å². The molecule has 0 heterocycles. The van der Waals surface area contributed by atoms with E-state index in [1.54, 1.807) is 7.11 Å². The second-order valence-electron chi connectivity index (χ2n) is 5.55. The average molecular weight is 277 g/mol. The number of nitrogens with two attached hydrogens (primary N) is 1. The van der Waals surface area contributed by atoms with E-state index in [0.29, 0.717) is 12.1 Å². The summed E-state index contributed by atoms with van der Waals surface area (Å²) in [7, 11) is 1.67. The smallest absolute Gasteiger partial charge is 0.278 e. The number of quaternary nitrogens is 1. The largest absolute Gasteiger partial charge is 0.497 e. The van der Waals surface area contributed by atoms with Gasteiger partial charge < -0.3 is 15.4 Å². The van der Waals surface area contributed by atoms with Gasteiger partial charge in [0.25, 0.3) is 5.91 Å². The molecule has 1 saturated carbocycles. The van der Waals surface area contributed by atoms with E-state index in [1.807, 2.05) is 19.1 Å². The lowest BCUT2D eigenvalue weighted by Gasteiger charge is -2.19. The molecule has 4 nitrogen and oxygen atoms in total. The van der Waals surface area contributed by atoms with Crippen LogP contribution in [0, 0.1) is 0 Å². The second-order valence-corrected chi connectivity index (χ2v) is 5.55. The van der Waals surface area contributed by atoms with Crippen molar-refractivity contribution in [1.29, 1.82) is 0 Å². The van der Waals surface area contributed by atoms with Gasteiger partial charge >= 0.3 is 0 Å². The second kappa shape index (κ2) is 6.75. The Morgan fingerprint density at radius 2 is 2.05 bits per heavy atom. The fourth-order valence-electron chi connectivity index (χ4n) is 2.33. The molecule has 2 atom stereocenters.